The van der Waals surface area contributed by atoms with E-state index in [0.717, 1.165) is 11.1 Å². The quantitative estimate of drug-likeness (QED) is 0.146. The van der Waals surface area contributed by atoms with Crippen LogP contribution >= 0.6 is 0 Å². The first-order chi connectivity index (χ1) is 21.1. The zero-order valence-electron chi connectivity index (χ0n) is 25.8. The van der Waals surface area contributed by atoms with Crippen LogP contribution in [0.1, 0.15) is 25.0 Å². The molecule has 10 heteroatoms. The Balaban J connectivity index is 1.08. The van der Waals surface area contributed by atoms with E-state index in [-0.39, 0.29) is 12.2 Å². The van der Waals surface area contributed by atoms with E-state index in [0.29, 0.717) is 106 Å². The van der Waals surface area contributed by atoms with E-state index in [1.807, 2.05) is 74.5 Å². The van der Waals surface area contributed by atoms with Gasteiger partial charge < -0.3 is 47.4 Å². The molecule has 2 aromatic carbocycles. The molecule has 43 heavy (non-hydrogen) atoms. The summed E-state index contributed by atoms with van der Waals surface area (Å²) in [6, 6.07) is 20.2. The Hall–Kier alpha value is -1.96. The van der Waals surface area contributed by atoms with Crippen molar-refractivity contribution in [3.8, 4) is 0 Å². The standard InChI is InChI=1S/C33H50O10/c1-33(2)42-31(27-40-23-19-36-15-13-34-17-21-38-25-29-9-5-3-6-10-29)32(43-33)28-41-24-20-37-16-14-35-18-22-39-26-30-11-7-4-8-12-30/h3-12,31-32H,13-28H2,1-2H3/t31-,32+. The minimum absolute atomic E-state index is 0.215. The van der Waals surface area contributed by atoms with Crippen LogP contribution in [0, 0.1) is 0 Å². The Morgan fingerprint density at radius 3 is 1.09 bits per heavy atom. The van der Waals surface area contributed by atoms with E-state index in [1.54, 1.807) is 0 Å². The first-order valence-electron chi connectivity index (χ1n) is 15.2. The number of benzene rings is 2. The van der Waals surface area contributed by atoms with Crippen LogP contribution in [0.4, 0.5) is 0 Å². The lowest BCUT2D eigenvalue weighted by atomic mass is 10.2. The van der Waals surface area contributed by atoms with Crippen molar-refractivity contribution in [1.29, 1.82) is 0 Å². The van der Waals surface area contributed by atoms with Crippen LogP contribution in [0.15, 0.2) is 60.7 Å². The van der Waals surface area contributed by atoms with Crippen LogP contribution in [0.5, 0.6) is 0 Å². The van der Waals surface area contributed by atoms with E-state index in [1.165, 1.54) is 0 Å². The van der Waals surface area contributed by atoms with Crippen LogP contribution in [-0.2, 0) is 60.6 Å². The van der Waals surface area contributed by atoms with Crippen molar-refractivity contribution in [2.75, 3.05) is 92.5 Å². The van der Waals surface area contributed by atoms with E-state index in [2.05, 4.69) is 0 Å². The highest BCUT2D eigenvalue weighted by Gasteiger charge is 2.41. The normalized spacial score (nSPS) is 17.9. The molecule has 0 spiro atoms. The van der Waals surface area contributed by atoms with Gasteiger partial charge in [0.05, 0.1) is 106 Å². The van der Waals surface area contributed by atoms with E-state index in [9.17, 15) is 0 Å². The van der Waals surface area contributed by atoms with Crippen molar-refractivity contribution < 1.29 is 47.4 Å². The summed E-state index contributed by atoms with van der Waals surface area (Å²) in [7, 11) is 0. The molecule has 0 aliphatic carbocycles. The van der Waals surface area contributed by atoms with Crippen LogP contribution in [0.25, 0.3) is 0 Å². The minimum Gasteiger partial charge on any atom is -0.377 e. The molecule has 0 saturated carbocycles. The van der Waals surface area contributed by atoms with E-state index < -0.39 is 5.79 Å². The summed E-state index contributed by atoms with van der Waals surface area (Å²) < 4.78 is 57.0. The van der Waals surface area contributed by atoms with Gasteiger partial charge in [-0.15, -0.1) is 0 Å². The molecule has 0 N–H and O–H groups in total. The van der Waals surface area contributed by atoms with Gasteiger partial charge in [0.2, 0.25) is 0 Å². The number of hydrogen-bond acceptors (Lipinski definition) is 10. The first-order valence-corrected chi connectivity index (χ1v) is 15.2. The molecule has 2 atom stereocenters. The smallest absolute Gasteiger partial charge is 0.163 e. The number of hydrogen-bond donors (Lipinski definition) is 0. The molecule has 0 unspecified atom stereocenters. The van der Waals surface area contributed by atoms with Crippen LogP contribution in [-0.4, -0.2) is 110 Å². The maximum absolute atomic E-state index is 6.00. The molecule has 0 radical (unpaired) electrons. The summed E-state index contributed by atoms with van der Waals surface area (Å²) in [5.74, 6) is -0.681. The van der Waals surface area contributed by atoms with Crippen molar-refractivity contribution >= 4 is 0 Å². The lowest BCUT2D eigenvalue weighted by molar-refractivity contribution is -0.155. The Bertz CT molecular complexity index is 841. The summed E-state index contributed by atoms with van der Waals surface area (Å²) in [6.07, 6.45) is -0.430. The summed E-state index contributed by atoms with van der Waals surface area (Å²) in [5, 5.41) is 0. The number of rotatable bonds is 26. The van der Waals surface area contributed by atoms with Crippen LogP contribution in [0.2, 0.25) is 0 Å². The Labute approximate surface area is 256 Å². The highest BCUT2D eigenvalue weighted by molar-refractivity contribution is 5.14. The lowest BCUT2D eigenvalue weighted by Gasteiger charge is -2.17. The van der Waals surface area contributed by atoms with Crippen molar-refractivity contribution in [3.05, 3.63) is 71.8 Å². The fourth-order valence-electron chi connectivity index (χ4n) is 4.23. The van der Waals surface area contributed by atoms with Gasteiger partial charge in [-0.05, 0) is 25.0 Å². The van der Waals surface area contributed by atoms with Gasteiger partial charge in [0.1, 0.15) is 12.2 Å². The molecule has 242 valence electrons. The average Bonchev–Trinajstić information content (AvgIpc) is 3.32. The molecule has 0 amide bonds. The van der Waals surface area contributed by atoms with Gasteiger partial charge >= 0.3 is 0 Å². The maximum atomic E-state index is 6.00. The lowest BCUT2D eigenvalue weighted by Crippen LogP contribution is -2.32. The highest BCUT2D eigenvalue weighted by Crippen LogP contribution is 2.28. The van der Waals surface area contributed by atoms with Gasteiger partial charge in [-0.1, -0.05) is 60.7 Å². The van der Waals surface area contributed by atoms with Gasteiger partial charge in [-0.25, -0.2) is 0 Å². The second-order valence-electron chi connectivity index (χ2n) is 10.4. The minimum atomic E-state index is -0.681. The van der Waals surface area contributed by atoms with E-state index >= 15 is 0 Å². The van der Waals surface area contributed by atoms with Crippen molar-refractivity contribution in [3.63, 3.8) is 0 Å². The van der Waals surface area contributed by atoms with Gasteiger partial charge in [0, 0.05) is 0 Å². The zero-order valence-corrected chi connectivity index (χ0v) is 25.8. The number of ether oxygens (including phenoxy) is 10. The molecule has 0 aromatic heterocycles. The van der Waals surface area contributed by atoms with Gasteiger partial charge in [-0.3, -0.25) is 0 Å². The van der Waals surface area contributed by atoms with Crippen molar-refractivity contribution in [2.24, 2.45) is 0 Å². The largest absolute Gasteiger partial charge is 0.377 e. The molecule has 1 aliphatic rings. The highest BCUT2D eigenvalue weighted by atomic mass is 16.8. The fraction of sp³-hybridized carbons (Fsp3) is 0.636. The van der Waals surface area contributed by atoms with Crippen molar-refractivity contribution in [1.82, 2.24) is 0 Å². The monoisotopic (exact) mass is 606 g/mol. The van der Waals surface area contributed by atoms with Gasteiger partial charge in [0.15, 0.2) is 5.79 Å². The molecule has 1 saturated heterocycles. The third kappa shape index (κ3) is 17.2. The Kier molecular flexibility index (Phi) is 18.6. The molecule has 0 bridgehead atoms. The predicted octanol–water partition coefficient (Wildman–Crippen LogP) is 4.04. The average molecular weight is 607 g/mol. The third-order valence-electron chi connectivity index (χ3n) is 6.30. The zero-order chi connectivity index (χ0) is 30.3. The SMILES string of the molecule is CC1(C)O[C@@H](COCCOCCOCCOCc2ccccc2)[C@@H](COCCOCCOCCOCc2ccccc2)O1. The summed E-state index contributed by atoms with van der Waals surface area (Å²) in [5.41, 5.74) is 2.31. The summed E-state index contributed by atoms with van der Waals surface area (Å²) in [4.78, 5) is 0. The van der Waals surface area contributed by atoms with E-state index in [4.69, 9.17) is 47.4 Å². The summed E-state index contributed by atoms with van der Waals surface area (Å²) >= 11 is 0. The second-order valence-corrected chi connectivity index (χ2v) is 10.4. The van der Waals surface area contributed by atoms with Crippen LogP contribution < -0.4 is 0 Å². The van der Waals surface area contributed by atoms with Gasteiger partial charge in [0.25, 0.3) is 0 Å². The Morgan fingerprint density at radius 1 is 0.442 bits per heavy atom. The fourth-order valence-corrected chi connectivity index (χ4v) is 4.23. The first kappa shape index (κ1) is 35.5. The Morgan fingerprint density at radius 2 is 0.744 bits per heavy atom. The van der Waals surface area contributed by atoms with Crippen LogP contribution in [0.3, 0.4) is 0 Å². The molecular formula is C33H50O10. The topological polar surface area (TPSA) is 92.3 Å². The molecule has 3 rings (SSSR count). The molecule has 1 aliphatic heterocycles. The summed E-state index contributed by atoms with van der Waals surface area (Å²) in [6.45, 7) is 11.9. The maximum Gasteiger partial charge on any atom is 0.163 e. The molecule has 10 nitrogen and oxygen atoms in total. The van der Waals surface area contributed by atoms with Crippen molar-refractivity contribution in [2.45, 2.75) is 45.1 Å². The van der Waals surface area contributed by atoms with Gasteiger partial charge in [-0.2, -0.15) is 0 Å². The predicted molar refractivity (Wildman–Crippen MR) is 161 cm³/mol. The molecule has 1 heterocycles. The molecule has 1 fully saturated rings. The second kappa shape index (κ2) is 22.5. The molecule has 2 aromatic rings. The molecular weight excluding hydrogens is 556 g/mol. The third-order valence-corrected chi connectivity index (χ3v) is 6.30.